The Morgan fingerprint density at radius 3 is 2.45 bits per heavy atom. The quantitative estimate of drug-likeness (QED) is 0.831. The van der Waals surface area contributed by atoms with E-state index >= 15 is 0 Å². The van der Waals surface area contributed by atoms with Crippen molar-refractivity contribution < 1.29 is 9.53 Å². The lowest BCUT2D eigenvalue weighted by Crippen LogP contribution is -2.53. The fraction of sp³-hybridized carbons (Fsp3) is 0.562. The minimum atomic E-state index is -0.534. The molecule has 1 N–H and O–H groups in total. The highest BCUT2D eigenvalue weighted by Gasteiger charge is 2.28. The molecule has 0 spiro atoms. The van der Waals surface area contributed by atoms with Crippen LogP contribution < -0.4 is 10.1 Å². The van der Waals surface area contributed by atoms with E-state index in [1.165, 1.54) is 5.56 Å². The third-order valence-corrected chi connectivity index (χ3v) is 3.22. The molecule has 0 aliphatic rings. The predicted octanol–water partition coefficient (Wildman–Crippen LogP) is 2.22. The zero-order valence-electron chi connectivity index (χ0n) is 13.2. The average molecular weight is 278 g/mol. The van der Waals surface area contributed by atoms with Crippen LogP contribution in [0.5, 0.6) is 5.75 Å². The highest BCUT2D eigenvalue weighted by molar-refractivity contribution is 5.85. The Morgan fingerprint density at radius 2 is 1.90 bits per heavy atom. The maximum absolute atomic E-state index is 12.2. The van der Waals surface area contributed by atoms with Crippen molar-refractivity contribution in [3.63, 3.8) is 0 Å². The Balaban J connectivity index is 2.41. The van der Waals surface area contributed by atoms with Gasteiger partial charge in [-0.05, 0) is 39.4 Å². The number of amides is 1. The van der Waals surface area contributed by atoms with Gasteiger partial charge in [-0.25, -0.2) is 0 Å². The van der Waals surface area contributed by atoms with Crippen molar-refractivity contribution in [2.75, 3.05) is 26.7 Å². The van der Waals surface area contributed by atoms with Gasteiger partial charge in [-0.1, -0.05) is 24.6 Å². The summed E-state index contributed by atoms with van der Waals surface area (Å²) in [4.78, 5) is 14.0. The largest absolute Gasteiger partial charge is 0.492 e. The Labute approximate surface area is 122 Å². The molecule has 4 nitrogen and oxygen atoms in total. The van der Waals surface area contributed by atoms with Gasteiger partial charge in [-0.15, -0.1) is 0 Å². The van der Waals surface area contributed by atoms with Gasteiger partial charge < -0.3 is 15.0 Å². The van der Waals surface area contributed by atoms with Crippen LogP contribution >= 0.6 is 0 Å². The van der Waals surface area contributed by atoms with Crippen molar-refractivity contribution in [2.45, 2.75) is 33.2 Å². The number of likely N-dealkylation sites (N-methyl/N-ethyl adjacent to an activating group) is 2. The Bertz CT molecular complexity index is 427. The summed E-state index contributed by atoms with van der Waals surface area (Å²) >= 11 is 0. The first-order chi connectivity index (χ1) is 9.36. The van der Waals surface area contributed by atoms with Crippen molar-refractivity contribution >= 4 is 5.91 Å². The summed E-state index contributed by atoms with van der Waals surface area (Å²) in [6.45, 7) is 9.67. The molecule has 0 heterocycles. The fourth-order valence-corrected chi connectivity index (χ4v) is 2.03. The molecule has 1 amide bonds. The number of nitrogens with one attached hydrogen (secondary N) is 1. The zero-order valence-corrected chi connectivity index (χ0v) is 13.2. The lowest BCUT2D eigenvalue weighted by Gasteiger charge is -2.30. The molecule has 0 saturated heterocycles. The molecule has 0 saturated carbocycles. The predicted molar refractivity (Wildman–Crippen MR) is 82.1 cm³/mol. The molecular formula is C16H26N2O2. The van der Waals surface area contributed by atoms with Gasteiger partial charge in [-0.3, -0.25) is 4.79 Å². The first kappa shape index (κ1) is 16.5. The van der Waals surface area contributed by atoms with Crippen molar-refractivity contribution in [3.8, 4) is 5.75 Å². The van der Waals surface area contributed by atoms with E-state index in [-0.39, 0.29) is 5.91 Å². The fourth-order valence-electron chi connectivity index (χ4n) is 2.03. The van der Waals surface area contributed by atoms with Gasteiger partial charge >= 0.3 is 0 Å². The number of rotatable bonds is 7. The van der Waals surface area contributed by atoms with Crippen LogP contribution in [-0.4, -0.2) is 43.1 Å². The van der Waals surface area contributed by atoms with E-state index in [0.717, 1.165) is 12.3 Å². The highest BCUT2D eigenvalue weighted by atomic mass is 16.5. The maximum Gasteiger partial charge on any atom is 0.242 e. The minimum Gasteiger partial charge on any atom is -0.492 e. The molecule has 1 rings (SSSR count). The molecule has 0 aliphatic carbocycles. The summed E-state index contributed by atoms with van der Waals surface area (Å²) < 4.78 is 5.64. The molecule has 0 aliphatic heterocycles. The van der Waals surface area contributed by atoms with E-state index in [4.69, 9.17) is 4.74 Å². The second-order valence-corrected chi connectivity index (χ2v) is 5.54. The van der Waals surface area contributed by atoms with Crippen molar-refractivity contribution in [2.24, 2.45) is 0 Å². The molecule has 112 valence electrons. The summed E-state index contributed by atoms with van der Waals surface area (Å²) in [5.41, 5.74) is 0.671. The minimum absolute atomic E-state index is 0.0758. The van der Waals surface area contributed by atoms with Gasteiger partial charge in [0.2, 0.25) is 5.91 Å². The van der Waals surface area contributed by atoms with Crippen LogP contribution in [0.1, 0.15) is 26.3 Å². The molecule has 0 radical (unpaired) electrons. The number of hydrogen-bond donors (Lipinski definition) is 1. The van der Waals surface area contributed by atoms with Crippen LogP contribution in [0.4, 0.5) is 0 Å². The second-order valence-electron chi connectivity index (χ2n) is 5.54. The molecule has 0 atom stereocenters. The van der Waals surface area contributed by atoms with Gasteiger partial charge in [0.1, 0.15) is 12.4 Å². The van der Waals surface area contributed by atoms with Gasteiger partial charge in [0.15, 0.2) is 0 Å². The molecule has 4 heteroatoms. The van der Waals surface area contributed by atoms with Gasteiger partial charge in [0, 0.05) is 7.05 Å². The molecule has 20 heavy (non-hydrogen) atoms. The molecule has 0 fully saturated rings. The third-order valence-electron chi connectivity index (χ3n) is 3.22. The second kappa shape index (κ2) is 7.29. The van der Waals surface area contributed by atoms with Crippen LogP contribution in [-0.2, 0) is 4.79 Å². The summed E-state index contributed by atoms with van der Waals surface area (Å²) in [6.07, 6.45) is 0. The van der Waals surface area contributed by atoms with Crippen molar-refractivity contribution in [3.05, 3.63) is 29.8 Å². The first-order valence-corrected chi connectivity index (χ1v) is 7.07. The number of nitrogens with zero attached hydrogens (tertiary/aromatic N) is 1. The number of carbonyl (C=O) groups excluding carboxylic acids is 1. The van der Waals surface area contributed by atoms with E-state index < -0.39 is 5.54 Å². The standard InChI is InChI=1S/C16H26N2O2/c1-6-17-16(3,4)15(19)18(5)11-12-20-14-9-7-13(2)8-10-14/h7-10,17H,6,11-12H2,1-5H3. The number of aryl methyl sites for hydroxylation is 1. The van der Waals surface area contributed by atoms with E-state index in [1.807, 2.05) is 52.0 Å². The van der Waals surface area contributed by atoms with Crippen LogP contribution in [0.3, 0.4) is 0 Å². The summed E-state index contributed by atoms with van der Waals surface area (Å²) in [6, 6.07) is 7.91. The molecule has 1 aromatic carbocycles. The van der Waals surface area contributed by atoms with Crippen molar-refractivity contribution in [1.82, 2.24) is 10.2 Å². The van der Waals surface area contributed by atoms with Crippen molar-refractivity contribution in [1.29, 1.82) is 0 Å². The topological polar surface area (TPSA) is 41.6 Å². The molecule has 0 bridgehead atoms. The molecule has 0 unspecified atom stereocenters. The number of ether oxygens (including phenoxy) is 1. The lowest BCUT2D eigenvalue weighted by molar-refractivity contribution is -0.136. The Hall–Kier alpha value is -1.55. The normalized spacial score (nSPS) is 11.2. The maximum atomic E-state index is 12.2. The number of benzene rings is 1. The van der Waals surface area contributed by atoms with Crippen LogP contribution in [0, 0.1) is 6.92 Å². The van der Waals surface area contributed by atoms with E-state index in [1.54, 1.807) is 11.9 Å². The van der Waals surface area contributed by atoms with E-state index in [0.29, 0.717) is 13.2 Å². The van der Waals surface area contributed by atoms with Gasteiger partial charge in [-0.2, -0.15) is 0 Å². The highest BCUT2D eigenvalue weighted by Crippen LogP contribution is 2.11. The average Bonchev–Trinajstić information content (AvgIpc) is 2.40. The molecular weight excluding hydrogens is 252 g/mol. The summed E-state index contributed by atoms with van der Waals surface area (Å²) in [7, 11) is 1.81. The number of carbonyl (C=O) groups is 1. The Kier molecular flexibility index (Phi) is 6.02. The SMILES string of the molecule is CCNC(C)(C)C(=O)N(C)CCOc1ccc(C)cc1. The van der Waals surface area contributed by atoms with E-state index in [2.05, 4.69) is 5.32 Å². The molecule has 1 aromatic rings. The van der Waals surface area contributed by atoms with Gasteiger partial charge in [0.25, 0.3) is 0 Å². The van der Waals surface area contributed by atoms with Gasteiger partial charge in [0.05, 0.1) is 12.1 Å². The van der Waals surface area contributed by atoms with Crippen LogP contribution in [0.15, 0.2) is 24.3 Å². The van der Waals surface area contributed by atoms with E-state index in [9.17, 15) is 4.79 Å². The Morgan fingerprint density at radius 1 is 1.30 bits per heavy atom. The number of hydrogen-bond acceptors (Lipinski definition) is 3. The zero-order chi connectivity index (χ0) is 15.2. The summed E-state index contributed by atoms with van der Waals surface area (Å²) in [5, 5.41) is 3.18. The molecule has 0 aromatic heterocycles. The van der Waals surface area contributed by atoms with Crippen LogP contribution in [0.25, 0.3) is 0 Å². The monoisotopic (exact) mass is 278 g/mol. The van der Waals surface area contributed by atoms with Crippen LogP contribution in [0.2, 0.25) is 0 Å². The third kappa shape index (κ3) is 4.85. The first-order valence-electron chi connectivity index (χ1n) is 7.07. The lowest BCUT2D eigenvalue weighted by atomic mass is 10.0. The smallest absolute Gasteiger partial charge is 0.242 e. The summed E-state index contributed by atoms with van der Waals surface area (Å²) in [5.74, 6) is 0.911.